The van der Waals surface area contributed by atoms with Crippen molar-refractivity contribution in [1.82, 2.24) is 4.57 Å². The van der Waals surface area contributed by atoms with Crippen molar-refractivity contribution in [1.29, 1.82) is 0 Å². The molecule has 1 aromatic heterocycles. The molecule has 0 radical (unpaired) electrons. The summed E-state index contributed by atoms with van der Waals surface area (Å²) in [6.07, 6.45) is 0. The van der Waals surface area contributed by atoms with Crippen molar-refractivity contribution < 1.29 is 10.0 Å². The van der Waals surface area contributed by atoms with E-state index in [4.69, 9.17) is 0 Å². The van der Waals surface area contributed by atoms with Crippen molar-refractivity contribution in [2.24, 2.45) is 0 Å². The van der Waals surface area contributed by atoms with Crippen LogP contribution in [0, 0.1) is 0 Å². The predicted octanol–water partition coefficient (Wildman–Crippen LogP) is 0.730. The van der Waals surface area contributed by atoms with Crippen molar-refractivity contribution in [2.45, 2.75) is 6.54 Å². The summed E-state index contributed by atoms with van der Waals surface area (Å²) < 4.78 is 1.68. The minimum absolute atomic E-state index is 0.0800. The molecule has 0 spiro atoms. The second-order valence-electron chi connectivity index (χ2n) is 4.94. The summed E-state index contributed by atoms with van der Waals surface area (Å²) in [7, 11) is -1.51. The van der Waals surface area contributed by atoms with Crippen LogP contribution in [0.15, 0.2) is 65.5 Å². The number of para-hydroxylation sites is 1. The molecule has 5 heteroatoms. The second kappa shape index (κ2) is 5.56. The Kier molecular flexibility index (Phi) is 3.60. The van der Waals surface area contributed by atoms with E-state index in [1.807, 2.05) is 36.4 Å². The first-order chi connectivity index (χ1) is 10.1. The molecule has 0 bridgehead atoms. The minimum atomic E-state index is -1.51. The first-order valence-electron chi connectivity index (χ1n) is 6.69. The molecule has 0 aliphatic carbocycles. The Labute approximate surface area is 122 Å². The molecule has 0 amide bonds. The number of aromatic nitrogens is 1. The lowest BCUT2D eigenvalue weighted by atomic mass is 9.79. The first-order valence-corrected chi connectivity index (χ1v) is 6.69. The third-order valence-corrected chi connectivity index (χ3v) is 3.49. The molecule has 4 nitrogen and oxygen atoms in total. The molecule has 0 saturated heterocycles. The Balaban J connectivity index is 2.08. The van der Waals surface area contributed by atoms with Gasteiger partial charge in [-0.1, -0.05) is 42.5 Å². The van der Waals surface area contributed by atoms with Crippen LogP contribution in [0.25, 0.3) is 10.9 Å². The monoisotopic (exact) mass is 279 g/mol. The summed E-state index contributed by atoms with van der Waals surface area (Å²) in [5.41, 5.74) is 2.04. The van der Waals surface area contributed by atoms with E-state index >= 15 is 0 Å². The molecule has 104 valence electrons. The molecule has 3 rings (SSSR count). The molecule has 3 aromatic rings. The van der Waals surface area contributed by atoms with Gasteiger partial charge in [0, 0.05) is 6.07 Å². The van der Waals surface area contributed by atoms with E-state index in [2.05, 4.69) is 0 Å². The average Bonchev–Trinajstić information content (AvgIpc) is 2.50. The van der Waals surface area contributed by atoms with Crippen LogP contribution in [0.5, 0.6) is 0 Å². The molecule has 0 fully saturated rings. The van der Waals surface area contributed by atoms with Crippen LogP contribution in [0.1, 0.15) is 5.56 Å². The van der Waals surface area contributed by atoms with Crippen molar-refractivity contribution in [3.63, 3.8) is 0 Å². The standard InChI is InChI=1S/C16H14BNO3/c19-16-9-8-13-5-1-2-7-15(13)18(16)11-12-4-3-6-14(10-12)17(20)21/h1-10,20-21H,11H2. The van der Waals surface area contributed by atoms with Crippen LogP contribution < -0.4 is 11.0 Å². The predicted molar refractivity (Wildman–Crippen MR) is 83.6 cm³/mol. The zero-order valence-electron chi connectivity index (χ0n) is 11.3. The van der Waals surface area contributed by atoms with Gasteiger partial charge in [0.1, 0.15) is 0 Å². The normalized spacial score (nSPS) is 10.8. The summed E-state index contributed by atoms with van der Waals surface area (Å²) >= 11 is 0. The Morgan fingerprint density at radius 3 is 2.57 bits per heavy atom. The van der Waals surface area contributed by atoms with E-state index in [0.29, 0.717) is 12.0 Å². The van der Waals surface area contributed by atoms with Gasteiger partial charge in [-0.25, -0.2) is 0 Å². The molecule has 1 heterocycles. The van der Waals surface area contributed by atoms with Crippen LogP contribution in [-0.2, 0) is 6.54 Å². The fraction of sp³-hybridized carbons (Fsp3) is 0.0625. The molecule has 0 aliphatic rings. The third kappa shape index (κ3) is 2.74. The summed E-state index contributed by atoms with van der Waals surface area (Å²) in [4.78, 5) is 12.1. The molecule has 0 aliphatic heterocycles. The Morgan fingerprint density at radius 2 is 1.76 bits per heavy atom. The number of pyridine rings is 1. The summed E-state index contributed by atoms with van der Waals surface area (Å²) in [5.74, 6) is 0. The second-order valence-corrected chi connectivity index (χ2v) is 4.94. The van der Waals surface area contributed by atoms with Crippen LogP contribution in [0.3, 0.4) is 0 Å². The van der Waals surface area contributed by atoms with Crippen molar-refractivity contribution in [2.75, 3.05) is 0 Å². The largest absolute Gasteiger partial charge is 0.488 e. The van der Waals surface area contributed by atoms with Gasteiger partial charge in [-0.3, -0.25) is 4.79 Å². The first kappa shape index (κ1) is 13.6. The van der Waals surface area contributed by atoms with E-state index < -0.39 is 7.12 Å². The molecular formula is C16H14BNO3. The zero-order valence-corrected chi connectivity index (χ0v) is 11.3. The van der Waals surface area contributed by atoms with Crippen molar-refractivity contribution in [3.05, 3.63) is 76.6 Å². The third-order valence-electron chi connectivity index (χ3n) is 3.49. The highest BCUT2D eigenvalue weighted by Gasteiger charge is 2.11. The summed E-state index contributed by atoms with van der Waals surface area (Å²) in [6, 6.07) is 18.0. The van der Waals surface area contributed by atoms with Gasteiger partial charge in [0.25, 0.3) is 5.56 Å². The zero-order chi connectivity index (χ0) is 14.8. The molecular weight excluding hydrogens is 265 g/mol. The fourth-order valence-corrected chi connectivity index (χ4v) is 2.44. The maximum Gasteiger partial charge on any atom is 0.488 e. The highest BCUT2D eigenvalue weighted by atomic mass is 16.4. The van der Waals surface area contributed by atoms with Gasteiger partial charge in [-0.15, -0.1) is 0 Å². The van der Waals surface area contributed by atoms with Gasteiger partial charge in [0.05, 0.1) is 12.1 Å². The number of fused-ring (bicyclic) bond motifs is 1. The van der Waals surface area contributed by atoms with Crippen LogP contribution in [0.4, 0.5) is 0 Å². The smallest absolute Gasteiger partial charge is 0.423 e. The Bertz CT molecular complexity index is 842. The number of nitrogens with zero attached hydrogens (tertiary/aromatic N) is 1. The molecule has 0 unspecified atom stereocenters. The molecule has 0 saturated carbocycles. The van der Waals surface area contributed by atoms with Crippen LogP contribution in [-0.4, -0.2) is 21.7 Å². The topological polar surface area (TPSA) is 62.5 Å². The van der Waals surface area contributed by atoms with Crippen LogP contribution >= 0.6 is 0 Å². The van der Waals surface area contributed by atoms with E-state index in [0.717, 1.165) is 16.5 Å². The lowest BCUT2D eigenvalue weighted by Crippen LogP contribution is -2.30. The number of benzene rings is 2. The average molecular weight is 279 g/mol. The van der Waals surface area contributed by atoms with Crippen molar-refractivity contribution in [3.8, 4) is 0 Å². The lowest BCUT2D eigenvalue weighted by molar-refractivity contribution is 0.425. The van der Waals surface area contributed by atoms with Gasteiger partial charge >= 0.3 is 7.12 Å². The van der Waals surface area contributed by atoms with Gasteiger partial charge in [-0.2, -0.15) is 0 Å². The van der Waals surface area contributed by atoms with Crippen LogP contribution in [0.2, 0.25) is 0 Å². The summed E-state index contributed by atoms with van der Waals surface area (Å²) in [6.45, 7) is 0.390. The van der Waals surface area contributed by atoms with E-state index in [9.17, 15) is 14.8 Å². The highest BCUT2D eigenvalue weighted by molar-refractivity contribution is 6.58. The SMILES string of the molecule is O=c1ccc2ccccc2n1Cc1cccc(B(O)O)c1. The van der Waals surface area contributed by atoms with E-state index in [1.54, 1.807) is 28.8 Å². The minimum Gasteiger partial charge on any atom is -0.423 e. The quantitative estimate of drug-likeness (QED) is 0.695. The Hall–Kier alpha value is -2.37. The van der Waals surface area contributed by atoms with Gasteiger partial charge in [-0.05, 0) is 28.5 Å². The van der Waals surface area contributed by atoms with Gasteiger partial charge < -0.3 is 14.6 Å². The fourth-order valence-electron chi connectivity index (χ4n) is 2.44. The maximum absolute atomic E-state index is 12.1. The number of rotatable bonds is 3. The maximum atomic E-state index is 12.1. The molecule has 2 N–H and O–H groups in total. The van der Waals surface area contributed by atoms with E-state index in [-0.39, 0.29) is 5.56 Å². The van der Waals surface area contributed by atoms with Crippen molar-refractivity contribution >= 4 is 23.5 Å². The van der Waals surface area contributed by atoms with Gasteiger partial charge in [0.15, 0.2) is 0 Å². The summed E-state index contributed by atoms with van der Waals surface area (Å²) in [5, 5.41) is 19.5. The van der Waals surface area contributed by atoms with Gasteiger partial charge in [0.2, 0.25) is 0 Å². The molecule has 21 heavy (non-hydrogen) atoms. The Morgan fingerprint density at radius 1 is 0.952 bits per heavy atom. The number of hydrogen-bond donors (Lipinski definition) is 2. The number of hydrogen-bond acceptors (Lipinski definition) is 3. The lowest BCUT2D eigenvalue weighted by Gasteiger charge is -2.11. The molecule has 2 aromatic carbocycles. The highest BCUT2D eigenvalue weighted by Crippen LogP contribution is 2.12. The molecule has 0 atom stereocenters. The van der Waals surface area contributed by atoms with E-state index in [1.165, 1.54) is 0 Å².